The van der Waals surface area contributed by atoms with Gasteiger partial charge in [0.05, 0.1) is 5.52 Å². The molecule has 0 radical (unpaired) electrons. The van der Waals surface area contributed by atoms with Crippen molar-refractivity contribution in [3.8, 4) is 23.0 Å². The molecule has 0 unspecified atom stereocenters. The number of nitrogens with zero attached hydrogens (tertiary/aromatic N) is 2. The molecule has 45 heavy (non-hydrogen) atoms. The van der Waals surface area contributed by atoms with Crippen LogP contribution in [0.3, 0.4) is 0 Å². The highest BCUT2D eigenvalue weighted by Gasteiger charge is 2.38. The lowest BCUT2D eigenvalue weighted by atomic mass is 9.81. The molecule has 0 fully saturated rings. The normalized spacial score (nSPS) is 12.9. The van der Waals surface area contributed by atoms with Gasteiger partial charge in [0.2, 0.25) is 0 Å². The van der Waals surface area contributed by atoms with Gasteiger partial charge in [0.25, 0.3) is 0 Å². The largest absolute Gasteiger partial charge is 0.340 e. The summed E-state index contributed by atoms with van der Waals surface area (Å²) in [5.41, 5.74) is 13.4. The molecule has 0 saturated carbocycles. The number of anilines is 3. The highest BCUT2D eigenvalue weighted by atomic mass is 15.1. The summed E-state index contributed by atoms with van der Waals surface area (Å²) in [5.74, 6) is 6.92. The van der Waals surface area contributed by atoms with Crippen molar-refractivity contribution in [2.45, 2.75) is 32.7 Å². The zero-order valence-corrected chi connectivity index (χ0v) is 25.9. The van der Waals surface area contributed by atoms with Gasteiger partial charge in [-0.1, -0.05) is 98.5 Å². The molecule has 1 aliphatic rings. The van der Waals surface area contributed by atoms with Crippen molar-refractivity contribution < 1.29 is 0 Å². The second kappa shape index (κ2) is 10.6. The van der Waals surface area contributed by atoms with Gasteiger partial charge in [-0.3, -0.25) is 0 Å². The standard InChI is InChI=1S/C43H34N2/c1-4-44-40-18-12-11-17-36(40)38-28-27-37-35-26-23-31(29-39(35)43(2,3)41(37)42(38)44)20-19-30-21-24-34(25-22-30)45(32-13-7-5-8-14-32)33-15-9-6-10-16-33/h5-18,21-29H,4H2,1-3H3. The van der Waals surface area contributed by atoms with E-state index in [1.54, 1.807) is 0 Å². The van der Waals surface area contributed by atoms with Crippen LogP contribution in [0.4, 0.5) is 17.1 Å². The van der Waals surface area contributed by atoms with Crippen LogP contribution < -0.4 is 4.90 Å². The average Bonchev–Trinajstić information content (AvgIpc) is 3.53. The molecule has 0 bridgehead atoms. The Morgan fingerprint density at radius 3 is 1.84 bits per heavy atom. The summed E-state index contributed by atoms with van der Waals surface area (Å²) in [6.45, 7) is 7.93. The fraction of sp³-hybridized carbons (Fsp3) is 0.116. The summed E-state index contributed by atoms with van der Waals surface area (Å²) in [6.07, 6.45) is 0. The van der Waals surface area contributed by atoms with E-state index < -0.39 is 0 Å². The molecule has 1 heterocycles. The molecule has 7 aromatic rings. The van der Waals surface area contributed by atoms with Crippen LogP contribution in [0.2, 0.25) is 0 Å². The molecule has 0 amide bonds. The summed E-state index contributed by atoms with van der Waals surface area (Å²) in [5, 5.41) is 2.67. The number of aryl methyl sites for hydroxylation is 1. The summed E-state index contributed by atoms with van der Waals surface area (Å²) in [7, 11) is 0. The number of fused-ring (bicyclic) bond motifs is 7. The van der Waals surface area contributed by atoms with E-state index in [-0.39, 0.29) is 5.41 Å². The molecular formula is C43H34N2. The van der Waals surface area contributed by atoms with Crippen LogP contribution in [-0.4, -0.2) is 4.57 Å². The number of aromatic nitrogens is 1. The summed E-state index contributed by atoms with van der Waals surface area (Å²) in [4.78, 5) is 2.27. The molecule has 0 aliphatic heterocycles. The first-order chi connectivity index (χ1) is 22.0. The molecule has 0 saturated heterocycles. The van der Waals surface area contributed by atoms with Gasteiger partial charge in [0.15, 0.2) is 0 Å². The quantitative estimate of drug-likeness (QED) is 0.189. The van der Waals surface area contributed by atoms with Gasteiger partial charge in [-0.25, -0.2) is 0 Å². The van der Waals surface area contributed by atoms with Crippen LogP contribution in [0, 0.1) is 11.8 Å². The van der Waals surface area contributed by atoms with E-state index in [2.05, 4.69) is 182 Å². The van der Waals surface area contributed by atoms with Gasteiger partial charge in [-0.05, 0) is 95.9 Å². The van der Waals surface area contributed by atoms with Crippen molar-refractivity contribution in [3.05, 3.63) is 162 Å². The summed E-state index contributed by atoms with van der Waals surface area (Å²) < 4.78 is 2.50. The smallest absolute Gasteiger partial charge is 0.0539 e. The van der Waals surface area contributed by atoms with E-state index in [4.69, 9.17) is 0 Å². The van der Waals surface area contributed by atoms with Crippen LogP contribution in [0.25, 0.3) is 32.9 Å². The lowest BCUT2D eigenvalue weighted by Gasteiger charge is -2.25. The number of benzene rings is 6. The predicted molar refractivity (Wildman–Crippen MR) is 190 cm³/mol. The second-order valence-corrected chi connectivity index (χ2v) is 12.3. The van der Waals surface area contributed by atoms with Gasteiger partial charge >= 0.3 is 0 Å². The highest BCUT2D eigenvalue weighted by molar-refractivity contribution is 6.12. The first-order valence-electron chi connectivity index (χ1n) is 15.8. The Morgan fingerprint density at radius 2 is 1.16 bits per heavy atom. The molecule has 1 aliphatic carbocycles. The van der Waals surface area contributed by atoms with E-state index >= 15 is 0 Å². The van der Waals surface area contributed by atoms with E-state index in [9.17, 15) is 0 Å². The maximum Gasteiger partial charge on any atom is 0.0539 e. The first kappa shape index (κ1) is 27.1. The van der Waals surface area contributed by atoms with Crippen molar-refractivity contribution >= 4 is 38.9 Å². The van der Waals surface area contributed by atoms with Gasteiger partial charge in [0.1, 0.15) is 0 Å². The lowest BCUT2D eigenvalue weighted by molar-refractivity contribution is 0.659. The Kier molecular flexibility index (Phi) is 6.36. The van der Waals surface area contributed by atoms with E-state index in [0.717, 1.165) is 34.7 Å². The molecule has 8 rings (SSSR count). The van der Waals surface area contributed by atoms with Crippen molar-refractivity contribution in [2.24, 2.45) is 0 Å². The molecule has 0 atom stereocenters. The molecule has 0 spiro atoms. The number of hydrogen-bond donors (Lipinski definition) is 0. The van der Waals surface area contributed by atoms with Crippen molar-refractivity contribution in [1.29, 1.82) is 0 Å². The molecule has 6 aromatic carbocycles. The van der Waals surface area contributed by atoms with E-state index in [1.165, 1.54) is 44.1 Å². The second-order valence-electron chi connectivity index (χ2n) is 12.3. The number of para-hydroxylation sites is 3. The molecular weight excluding hydrogens is 544 g/mol. The highest BCUT2D eigenvalue weighted by Crippen LogP contribution is 2.52. The van der Waals surface area contributed by atoms with E-state index in [0.29, 0.717) is 0 Å². The maximum absolute atomic E-state index is 3.48. The van der Waals surface area contributed by atoms with Crippen LogP contribution in [0.1, 0.15) is 43.0 Å². The third kappa shape index (κ3) is 4.35. The molecule has 1 aromatic heterocycles. The molecule has 0 N–H and O–H groups in total. The SMILES string of the molecule is CCn1c2ccccc2c2ccc3c(c21)C(C)(C)c1cc(C#Cc2ccc(N(c4ccccc4)c4ccccc4)cc2)ccc1-3. The Balaban J connectivity index is 1.14. The summed E-state index contributed by atoms with van der Waals surface area (Å²) >= 11 is 0. The Hall–Kier alpha value is -5.52. The van der Waals surface area contributed by atoms with Gasteiger partial charge in [-0.15, -0.1) is 0 Å². The van der Waals surface area contributed by atoms with Crippen LogP contribution in [0.5, 0.6) is 0 Å². The van der Waals surface area contributed by atoms with E-state index in [1.807, 2.05) is 0 Å². The Labute approximate surface area is 265 Å². The number of hydrogen-bond acceptors (Lipinski definition) is 1. The van der Waals surface area contributed by atoms with Crippen LogP contribution in [-0.2, 0) is 12.0 Å². The monoisotopic (exact) mass is 578 g/mol. The fourth-order valence-corrected chi connectivity index (χ4v) is 7.28. The van der Waals surface area contributed by atoms with Crippen molar-refractivity contribution in [1.82, 2.24) is 4.57 Å². The number of rotatable bonds is 4. The molecule has 2 heteroatoms. The molecule has 2 nitrogen and oxygen atoms in total. The third-order valence-corrected chi connectivity index (χ3v) is 9.36. The van der Waals surface area contributed by atoms with Crippen molar-refractivity contribution in [2.75, 3.05) is 4.90 Å². The minimum absolute atomic E-state index is 0.136. The van der Waals surface area contributed by atoms with Crippen molar-refractivity contribution in [3.63, 3.8) is 0 Å². The maximum atomic E-state index is 3.48. The zero-order chi connectivity index (χ0) is 30.5. The topological polar surface area (TPSA) is 8.17 Å². The minimum Gasteiger partial charge on any atom is -0.340 e. The zero-order valence-electron chi connectivity index (χ0n) is 25.9. The molecule has 216 valence electrons. The van der Waals surface area contributed by atoms with Gasteiger partial charge in [-0.2, -0.15) is 0 Å². The first-order valence-corrected chi connectivity index (χ1v) is 15.8. The van der Waals surface area contributed by atoms with Crippen LogP contribution >= 0.6 is 0 Å². The van der Waals surface area contributed by atoms with Crippen LogP contribution in [0.15, 0.2) is 140 Å². The summed E-state index contributed by atoms with van der Waals surface area (Å²) in [6, 6.07) is 49.7. The third-order valence-electron chi connectivity index (χ3n) is 9.36. The Bertz CT molecular complexity index is 2220. The minimum atomic E-state index is -0.136. The van der Waals surface area contributed by atoms with Gasteiger partial charge < -0.3 is 9.47 Å². The fourth-order valence-electron chi connectivity index (χ4n) is 7.28. The Morgan fingerprint density at radius 1 is 0.578 bits per heavy atom. The lowest BCUT2D eigenvalue weighted by Crippen LogP contribution is -2.17. The van der Waals surface area contributed by atoms with Gasteiger partial charge in [0, 0.05) is 56.4 Å². The predicted octanol–water partition coefficient (Wildman–Crippen LogP) is 11.0. The average molecular weight is 579 g/mol.